The summed E-state index contributed by atoms with van der Waals surface area (Å²) in [5.41, 5.74) is 0.765. The van der Waals surface area contributed by atoms with Crippen LogP contribution in [0, 0.1) is 24.1 Å². The molecule has 0 aliphatic rings. The first-order valence-electron chi connectivity index (χ1n) is 5.82. The zero-order valence-electron chi connectivity index (χ0n) is 10.9. The third-order valence-electron chi connectivity index (χ3n) is 2.79. The maximum atomic E-state index is 13.2. The Bertz CT molecular complexity index is 845. The first-order valence-corrected chi connectivity index (χ1v) is 7.68. The molecule has 2 rings (SSSR count). The number of aryl methyl sites for hydroxylation is 1. The van der Waals surface area contributed by atoms with Gasteiger partial charge in [0.05, 0.1) is 16.1 Å². The molecular weight excluding hydrogens is 315 g/mol. The van der Waals surface area contributed by atoms with E-state index in [4.69, 9.17) is 16.9 Å². The fourth-order valence-electron chi connectivity index (χ4n) is 1.63. The lowest BCUT2D eigenvalue weighted by Crippen LogP contribution is -2.13. The second-order valence-electron chi connectivity index (χ2n) is 4.32. The first kappa shape index (κ1) is 15.3. The first-order chi connectivity index (χ1) is 9.83. The summed E-state index contributed by atoms with van der Waals surface area (Å²) in [6, 6.07) is 9.32. The Morgan fingerprint density at radius 3 is 2.57 bits per heavy atom. The number of hydrogen-bond acceptors (Lipinski definition) is 3. The van der Waals surface area contributed by atoms with Gasteiger partial charge in [0.15, 0.2) is 0 Å². The molecule has 0 heterocycles. The number of nitrogens with zero attached hydrogens (tertiary/aromatic N) is 1. The molecule has 0 atom stereocenters. The Morgan fingerprint density at radius 1 is 1.24 bits per heavy atom. The van der Waals surface area contributed by atoms with Crippen molar-refractivity contribution in [1.29, 1.82) is 5.26 Å². The van der Waals surface area contributed by atoms with Crippen molar-refractivity contribution in [3.05, 3.63) is 58.4 Å². The molecule has 0 aromatic heterocycles. The predicted molar refractivity (Wildman–Crippen MR) is 78.1 cm³/mol. The summed E-state index contributed by atoms with van der Waals surface area (Å²) in [6.45, 7) is 1.79. The molecular formula is C14H10ClFN2O2S. The summed E-state index contributed by atoms with van der Waals surface area (Å²) >= 11 is 5.93. The summed E-state index contributed by atoms with van der Waals surface area (Å²) in [5.74, 6) is -0.769. The van der Waals surface area contributed by atoms with E-state index in [-0.39, 0.29) is 16.1 Å². The zero-order chi connectivity index (χ0) is 15.6. The lowest BCUT2D eigenvalue weighted by molar-refractivity contribution is 0.599. The van der Waals surface area contributed by atoms with Gasteiger partial charge in [-0.05, 0) is 42.8 Å². The molecule has 2 aromatic carbocycles. The van der Waals surface area contributed by atoms with E-state index >= 15 is 0 Å². The van der Waals surface area contributed by atoms with Crippen LogP contribution in [0.3, 0.4) is 0 Å². The number of benzene rings is 2. The standard InChI is InChI=1S/C14H10ClFN2O2S/c1-9-2-3-11(7-13(9)15)18-21(19,20)12-4-5-14(16)10(6-12)8-17/h2-7,18H,1H3. The number of nitrogens with one attached hydrogen (secondary N) is 1. The minimum absolute atomic E-state index is 0.197. The van der Waals surface area contributed by atoms with Gasteiger partial charge in [-0.3, -0.25) is 4.72 Å². The molecule has 21 heavy (non-hydrogen) atoms. The van der Waals surface area contributed by atoms with E-state index in [0.29, 0.717) is 5.02 Å². The van der Waals surface area contributed by atoms with Crippen LogP contribution in [-0.2, 0) is 10.0 Å². The molecule has 0 spiro atoms. The van der Waals surface area contributed by atoms with E-state index in [1.54, 1.807) is 25.1 Å². The van der Waals surface area contributed by atoms with Crippen LogP contribution >= 0.6 is 11.6 Å². The number of anilines is 1. The molecule has 0 saturated heterocycles. The van der Waals surface area contributed by atoms with Crippen molar-refractivity contribution in [2.75, 3.05) is 4.72 Å². The largest absolute Gasteiger partial charge is 0.280 e. The highest BCUT2D eigenvalue weighted by atomic mass is 35.5. The van der Waals surface area contributed by atoms with Crippen molar-refractivity contribution >= 4 is 27.3 Å². The van der Waals surface area contributed by atoms with Gasteiger partial charge in [-0.15, -0.1) is 0 Å². The Labute approximate surface area is 126 Å². The van der Waals surface area contributed by atoms with Crippen LogP contribution in [0.5, 0.6) is 0 Å². The summed E-state index contributed by atoms with van der Waals surface area (Å²) in [6.07, 6.45) is 0. The Balaban J connectivity index is 2.38. The molecule has 108 valence electrons. The van der Waals surface area contributed by atoms with E-state index in [9.17, 15) is 12.8 Å². The van der Waals surface area contributed by atoms with Gasteiger partial charge in [0.1, 0.15) is 11.9 Å². The fourth-order valence-corrected chi connectivity index (χ4v) is 2.88. The molecule has 0 bridgehead atoms. The van der Waals surface area contributed by atoms with E-state index in [1.807, 2.05) is 0 Å². The molecule has 0 amide bonds. The Kier molecular flexibility index (Phi) is 4.16. The number of nitriles is 1. The average molecular weight is 325 g/mol. The summed E-state index contributed by atoms with van der Waals surface area (Å²) in [5, 5.41) is 9.17. The minimum atomic E-state index is -3.92. The summed E-state index contributed by atoms with van der Waals surface area (Å²) in [4.78, 5) is -0.197. The van der Waals surface area contributed by atoms with Gasteiger partial charge < -0.3 is 0 Å². The molecule has 4 nitrogen and oxygen atoms in total. The van der Waals surface area contributed by atoms with Crippen LogP contribution in [-0.4, -0.2) is 8.42 Å². The summed E-state index contributed by atoms with van der Waals surface area (Å²) < 4.78 is 39.9. The van der Waals surface area contributed by atoms with Gasteiger partial charge in [0.25, 0.3) is 10.0 Å². The molecule has 0 radical (unpaired) electrons. The minimum Gasteiger partial charge on any atom is -0.280 e. The molecule has 0 aliphatic carbocycles. The van der Waals surface area contributed by atoms with Gasteiger partial charge in [0, 0.05) is 5.02 Å². The molecule has 0 unspecified atom stereocenters. The molecule has 0 aliphatic heterocycles. The normalized spacial score (nSPS) is 11.0. The molecule has 0 fully saturated rings. The van der Waals surface area contributed by atoms with Gasteiger partial charge in [-0.1, -0.05) is 17.7 Å². The third-order valence-corrected chi connectivity index (χ3v) is 4.58. The van der Waals surface area contributed by atoms with E-state index < -0.39 is 15.8 Å². The number of hydrogen-bond donors (Lipinski definition) is 1. The van der Waals surface area contributed by atoms with Crippen molar-refractivity contribution in [3.63, 3.8) is 0 Å². The van der Waals surface area contributed by atoms with Crippen LogP contribution in [0.4, 0.5) is 10.1 Å². The van der Waals surface area contributed by atoms with Crippen molar-refractivity contribution in [2.45, 2.75) is 11.8 Å². The van der Waals surface area contributed by atoms with Crippen molar-refractivity contribution in [1.82, 2.24) is 0 Å². The highest BCUT2D eigenvalue weighted by Crippen LogP contribution is 2.23. The maximum Gasteiger partial charge on any atom is 0.261 e. The quantitative estimate of drug-likeness (QED) is 0.940. The van der Waals surface area contributed by atoms with Gasteiger partial charge in [-0.2, -0.15) is 5.26 Å². The second kappa shape index (κ2) is 5.72. The Hall–Kier alpha value is -2.10. The Morgan fingerprint density at radius 2 is 1.95 bits per heavy atom. The van der Waals surface area contributed by atoms with Crippen molar-refractivity contribution in [2.24, 2.45) is 0 Å². The number of sulfonamides is 1. The van der Waals surface area contributed by atoms with E-state index in [2.05, 4.69) is 4.72 Å². The van der Waals surface area contributed by atoms with Gasteiger partial charge in [0.2, 0.25) is 0 Å². The van der Waals surface area contributed by atoms with Crippen molar-refractivity contribution in [3.8, 4) is 6.07 Å². The average Bonchev–Trinajstić information content (AvgIpc) is 2.43. The third kappa shape index (κ3) is 3.32. The lowest BCUT2D eigenvalue weighted by Gasteiger charge is -2.09. The van der Waals surface area contributed by atoms with Crippen molar-refractivity contribution < 1.29 is 12.8 Å². The monoisotopic (exact) mass is 324 g/mol. The van der Waals surface area contributed by atoms with Gasteiger partial charge >= 0.3 is 0 Å². The number of rotatable bonds is 3. The summed E-state index contributed by atoms with van der Waals surface area (Å²) in [7, 11) is -3.92. The smallest absolute Gasteiger partial charge is 0.261 e. The predicted octanol–water partition coefficient (Wildman–Crippen LogP) is 3.46. The van der Waals surface area contributed by atoms with Crippen LogP contribution in [0.1, 0.15) is 11.1 Å². The molecule has 7 heteroatoms. The number of halogens is 2. The maximum absolute atomic E-state index is 13.2. The van der Waals surface area contributed by atoms with E-state index in [1.165, 1.54) is 6.07 Å². The molecule has 2 aromatic rings. The highest BCUT2D eigenvalue weighted by molar-refractivity contribution is 7.92. The van der Waals surface area contributed by atoms with Crippen LogP contribution in [0.2, 0.25) is 5.02 Å². The zero-order valence-corrected chi connectivity index (χ0v) is 12.5. The lowest BCUT2D eigenvalue weighted by atomic mass is 10.2. The second-order valence-corrected chi connectivity index (χ2v) is 6.41. The molecule has 1 N–H and O–H groups in total. The highest BCUT2D eigenvalue weighted by Gasteiger charge is 2.16. The molecule has 0 saturated carbocycles. The van der Waals surface area contributed by atoms with Crippen LogP contribution in [0.15, 0.2) is 41.3 Å². The van der Waals surface area contributed by atoms with E-state index in [0.717, 1.165) is 23.8 Å². The van der Waals surface area contributed by atoms with Crippen LogP contribution in [0.25, 0.3) is 0 Å². The topological polar surface area (TPSA) is 70.0 Å². The fraction of sp³-hybridized carbons (Fsp3) is 0.0714. The SMILES string of the molecule is Cc1ccc(NS(=O)(=O)c2ccc(F)c(C#N)c2)cc1Cl. The van der Waals surface area contributed by atoms with Crippen LogP contribution < -0.4 is 4.72 Å². The van der Waals surface area contributed by atoms with Gasteiger partial charge in [-0.25, -0.2) is 12.8 Å².